The zero-order valence-corrected chi connectivity index (χ0v) is 13.3. The number of anilines is 1. The maximum atomic E-state index is 12.0. The molecular weight excluding hydrogens is 290 g/mol. The molecule has 0 fully saturated rings. The summed E-state index contributed by atoms with van der Waals surface area (Å²) in [5, 5.41) is 11.1. The number of hydrogen-bond donors (Lipinski definition) is 1. The van der Waals surface area contributed by atoms with Gasteiger partial charge < -0.3 is 9.88 Å². The number of rotatable bonds is 5. The third kappa shape index (κ3) is 3.22. The van der Waals surface area contributed by atoms with Crippen LogP contribution in [0.2, 0.25) is 0 Å². The molecule has 0 aliphatic rings. The molecule has 1 aromatic heterocycles. The molecule has 2 aromatic rings. The first kappa shape index (κ1) is 15.5. The van der Waals surface area contributed by atoms with Crippen LogP contribution in [0, 0.1) is 0 Å². The van der Waals surface area contributed by atoms with E-state index in [1.807, 2.05) is 18.5 Å². The monoisotopic (exact) mass is 309 g/mol. The van der Waals surface area contributed by atoms with E-state index in [1.54, 1.807) is 30.6 Å². The molecule has 1 atom stereocenters. The van der Waals surface area contributed by atoms with Gasteiger partial charge in [-0.2, -0.15) is 0 Å². The van der Waals surface area contributed by atoms with Gasteiger partial charge in [0.2, 0.25) is 10.0 Å². The van der Waals surface area contributed by atoms with Crippen molar-refractivity contribution in [1.29, 1.82) is 0 Å². The predicted molar refractivity (Wildman–Crippen MR) is 80.4 cm³/mol. The standard InChI is InChI=1S/C13H19N5O2S/c1-10(13-16-14-9-18(13)4)15-11-5-7-12(8-6-11)21(19,20)17(2)3/h5-10,15H,1-4H3. The van der Waals surface area contributed by atoms with E-state index in [9.17, 15) is 8.42 Å². The molecule has 0 radical (unpaired) electrons. The first-order valence-electron chi connectivity index (χ1n) is 6.45. The normalized spacial score (nSPS) is 13.4. The van der Waals surface area contributed by atoms with E-state index in [4.69, 9.17) is 0 Å². The van der Waals surface area contributed by atoms with Gasteiger partial charge in [-0.15, -0.1) is 10.2 Å². The first-order valence-corrected chi connectivity index (χ1v) is 7.89. The van der Waals surface area contributed by atoms with E-state index >= 15 is 0 Å². The zero-order chi connectivity index (χ0) is 15.6. The molecule has 7 nitrogen and oxygen atoms in total. The molecule has 114 valence electrons. The third-order valence-electron chi connectivity index (χ3n) is 3.15. The van der Waals surface area contributed by atoms with Crippen LogP contribution < -0.4 is 5.32 Å². The summed E-state index contributed by atoms with van der Waals surface area (Å²) >= 11 is 0. The van der Waals surface area contributed by atoms with Crippen molar-refractivity contribution in [2.45, 2.75) is 17.9 Å². The van der Waals surface area contributed by atoms with Crippen LogP contribution in [-0.2, 0) is 17.1 Å². The SMILES string of the molecule is CC(Nc1ccc(S(=O)(=O)N(C)C)cc1)c1nncn1C. The molecule has 1 aromatic carbocycles. The maximum absolute atomic E-state index is 12.0. The molecule has 21 heavy (non-hydrogen) atoms. The summed E-state index contributed by atoms with van der Waals surface area (Å²) in [7, 11) is 1.51. The van der Waals surface area contributed by atoms with Gasteiger partial charge in [-0.1, -0.05) is 0 Å². The van der Waals surface area contributed by atoms with Crippen LogP contribution in [0.4, 0.5) is 5.69 Å². The van der Waals surface area contributed by atoms with Crippen LogP contribution in [-0.4, -0.2) is 41.6 Å². The minimum absolute atomic E-state index is 0.0335. The highest BCUT2D eigenvalue weighted by molar-refractivity contribution is 7.89. The van der Waals surface area contributed by atoms with Gasteiger partial charge in [0.05, 0.1) is 10.9 Å². The quantitative estimate of drug-likeness (QED) is 0.899. The van der Waals surface area contributed by atoms with E-state index in [0.29, 0.717) is 0 Å². The Bertz CT molecular complexity index is 706. The molecule has 0 aliphatic heterocycles. The van der Waals surface area contributed by atoms with Gasteiger partial charge in [-0.25, -0.2) is 12.7 Å². The highest BCUT2D eigenvalue weighted by atomic mass is 32.2. The number of aryl methyl sites for hydroxylation is 1. The van der Waals surface area contributed by atoms with E-state index < -0.39 is 10.0 Å². The number of nitrogens with one attached hydrogen (secondary N) is 1. The maximum Gasteiger partial charge on any atom is 0.242 e. The fourth-order valence-corrected chi connectivity index (χ4v) is 2.83. The van der Waals surface area contributed by atoms with Crippen molar-refractivity contribution in [3.8, 4) is 0 Å². The van der Waals surface area contributed by atoms with Crippen molar-refractivity contribution in [1.82, 2.24) is 19.1 Å². The van der Waals surface area contributed by atoms with E-state index in [1.165, 1.54) is 18.4 Å². The van der Waals surface area contributed by atoms with Gasteiger partial charge in [0.1, 0.15) is 6.33 Å². The van der Waals surface area contributed by atoms with Crippen molar-refractivity contribution < 1.29 is 8.42 Å². The second kappa shape index (κ2) is 5.82. The van der Waals surface area contributed by atoms with Crippen molar-refractivity contribution in [3.05, 3.63) is 36.4 Å². The predicted octanol–water partition coefficient (Wildman–Crippen LogP) is 1.24. The number of aromatic nitrogens is 3. The Hall–Kier alpha value is -1.93. The molecule has 0 bridgehead atoms. The molecule has 2 rings (SSSR count). The lowest BCUT2D eigenvalue weighted by atomic mass is 10.2. The number of benzene rings is 1. The molecule has 1 N–H and O–H groups in total. The zero-order valence-electron chi connectivity index (χ0n) is 12.5. The highest BCUT2D eigenvalue weighted by Crippen LogP contribution is 2.20. The number of nitrogens with zero attached hydrogens (tertiary/aromatic N) is 4. The minimum atomic E-state index is -3.39. The molecule has 1 heterocycles. The van der Waals surface area contributed by atoms with Crippen LogP contribution >= 0.6 is 0 Å². The molecule has 8 heteroatoms. The summed E-state index contributed by atoms with van der Waals surface area (Å²) in [6.07, 6.45) is 1.64. The van der Waals surface area contributed by atoms with Crippen molar-refractivity contribution >= 4 is 15.7 Å². The summed E-state index contributed by atoms with van der Waals surface area (Å²) in [5.41, 5.74) is 0.822. The third-order valence-corrected chi connectivity index (χ3v) is 4.98. The van der Waals surface area contributed by atoms with E-state index in [2.05, 4.69) is 15.5 Å². The summed E-state index contributed by atoms with van der Waals surface area (Å²) in [6.45, 7) is 1.97. The van der Waals surface area contributed by atoms with Gasteiger partial charge in [0.15, 0.2) is 5.82 Å². The second-order valence-electron chi connectivity index (χ2n) is 4.98. The first-order chi connectivity index (χ1) is 9.82. The van der Waals surface area contributed by atoms with E-state index in [-0.39, 0.29) is 10.9 Å². The largest absolute Gasteiger partial charge is 0.375 e. The Morgan fingerprint density at radius 2 is 1.86 bits per heavy atom. The number of sulfonamides is 1. The average molecular weight is 309 g/mol. The highest BCUT2D eigenvalue weighted by Gasteiger charge is 2.17. The molecule has 0 saturated carbocycles. The fraction of sp³-hybridized carbons (Fsp3) is 0.385. The summed E-state index contributed by atoms with van der Waals surface area (Å²) < 4.78 is 27.0. The van der Waals surface area contributed by atoms with Crippen molar-refractivity contribution in [2.75, 3.05) is 19.4 Å². The average Bonchev–Trinajstić information content (AvgIpc) is 2.85. The summed E-state index contributed by atoms with van der Waals surface area (Å²) in [4.78, 5) is 0.268. The molecule has 0 aliphatic carbocycles. The Kier molecular flexibility index (Phi) is 4.29. The lowest BCUT2D eigenvalue weighted by molar-refractivity contribution is 0.521. The lowest BCUT2D eigenvalue weighted by Gasteiger charge is -2.15. The molecule has 0 amide bonds. The molecule has 0 saturated heterocycles. The van der Waals surface area contributed by atoms with Gasteiger partial charge in [0, 0.05) is 26.8 Å². The summed E-state index contributed by atoms with van der Waals surface area (Å²) in [6, 6.07) is 6.61. The Morgan fingerprint density at radius 3 is 2.33 bits per heavy atom. The topological polar surface area (TPSA) is 80.1 Å². The van der Waals surface area contributed by atoms with Gasteiger partial charge >= 0.3 is 0 Å². The second-order valence-corrected chi connectivity index (χ2v) is 7.13. The van der Waals surface area contributed by atoms with E-state index in [0.717, 1.165) is 11.5 Å². The van der Waals surface area contributed by atoms with Gasteiger partial charge in [0.25, 0.3) is 0 Å². The smallest absolute Gasteiger partial charge is 0.242 e. The van der Waals surface area contributed by atoms with Crippen molar-refractivity contribution in [3.63, 3.8) is 0 Å². The Labute approximate surface area is 124 Å². The van der Waals surface area contributed by atoms with Crippen LogP contribution in [0.25, 0.3) is 0 Å². The Balaban J connectivity index is 2.15. The molecule has 0 spiro atoms. The lowest BCUT2D eigenvalue weighted by Crippen LogP contribution is -2.22. The molecule has 1 unspecified atom stereocenters. The van der Waals surface area contributed by atoms with Gasteiger partial charge in [-0.3, -0.25) is 0 Å². The van der Waals surface area contributed by atoms with Crippen molar-refractivity contribution in [2.24, 2.45) is 7.05 Å². The summed E-state index contributed by atoms with van der Waals surface area (Å²) in [5.74, 6) is 0.806. The Morgan fingerprint density at radius 1 is 1.24 bits per heavy atom. The van der Waals surface area contributed by atoms with Gasteiger partial charge in [-0.05, 0) is 31.2 Å². The van der Waals surface area contributed by atoms with Crippen LogP contribution in [0.1, 0.15) is 18.8 Å². The van der Waals surface area contributed by atoms with Crippen LogP contribution in [0.5, 0.6) is 0 Å². The van der Waals surface area contributed by atoms with Crippen LogP contribution in [0.3, 0.4) is 0 Å². The van der Waals surface area contributed by atoms with Crippen LogP contribution in [0.15, 0.2) is 35.5 Å². The number of hydrogen-bond acceptors (Lipinski definition) is 5. The fourth-order valence-electron chi connectivity index (χ4n) is 1.93. The minimum Gasteiger partial charge on any atom is -0.375 e. The molecular formula is C13H19N5O2S.